The Morgan fingerprint density at radius 1 is 1.50 bits per heavy atom. The molecule has 0 nitrogen and oxygen atoms in total. The number of allylic oxidation sites excluding steroid dienone is 4. The maximum atomic E-state index is 3.39. The topological polar surface area (TPSA) is 0 Å². The molecule has 0 fully saturated rings. The van der Waals surface area contributed by atoms with Gasteiger partial charge in [0, 0.05) is 0 Å². The van der Waals surface area contributed by atoms with Crippen molar-refractivity contribution in [1.82, 2.24) is 0 Å². The van der Waals surface area contributed by atoms with Crippen molar-refractivity contribution in [3.05, 3.63) is 37.5 Å². The van der Waals surface area contributed by atoms with Gasteiger partial charge in [0.25, 0.3) is 0 Å². The van der Waals surface area contributed by atoms with Crippen LogP contribution >= 0.6 is 0 Å². The predicted octanol–water partition coefficient (Wildman–Crippen LogP) is 1.52. The van der Waals surface area contributed by atoms with E-state index in [0.29, 0.717) is 0 Å². The zero-order chi connectivity index (χ0) is 4.83. The van der Waals surface area contributed by atoms with Crippen LogP contribution in [0, 0.1) is 12.2 Å². The van der Waals surface area contributed by atoms with Crippen LogP contribution in [-0.2, 0) is 0 Å². The number of rotatable bonds is 2. The van der Waals surface area contributed by atoms with Gasteiger partial charge in [0.15, 0.2) is 0 Å². The normalized spacial score (nSPS) is 8.67. The summed E-state index contributed by atoms with van der Waals surface area (Å²) in [5, 5.41) is 0. The van der Waals surface area contributed by atoms with E-state index in [1.807, 2.05) is 0 Å². The third-order valence-electron chi connectivity index (χ3n) is 0.303. The average molecular weight is 78.1 g/mol. The van der Waals surface area contributed by atoms with Gasteiger partial charge in [-0.05, 0) is 18.2 Å². The molecule has 0 atom stereocenters. The van der Waals surface area contributed by atoms with Crippen LogP contribution in [0.2, 0.25) is 0 Å². The Labute approximate surface area is 38.5 Å². The van der Waals surface area contributed by atoms with Gasteiger partial charge in [-0.1, -0.05) is 19.2 Å². The lowest BCUT2D eigenvalue weighted by atomic mass is 10.5. The van der Waals surface area contributed by atoms with Crippen molar-refractivity contribution in [2.45, 2.75) is 0 Å². The van der Waals surface area contributed by atoms with Crippen molar-refractivity contribution in [3.63, 3.8) is 0 Å². The largest absolute Gasteiger partial charge is 0.0984 e. The van der Waals surface area contributed by atoms with Gasteiger partial charge in [-0.25, -0.2) is 0 Å². The van der Waals surface area contributed by atoms with Crippen molar-refractivity contribution < 1.29 is 0 Å². The highest BCUT2D eigenvalue weighted by atomic mass is 13.5. The van der Waals surface area contributed by atoms with E-state index in [9.17, 15) is 0 Å². The quantitative estimate of drug-likeness (QED) is 0.439. The Morgan fingerprint density at radius 2 is 2.17 bits per heavy atom. The summed E-state index contributed by atoms with van der Waals surface area (Å²) in [6, 6.07) is 0. The van der Waals surface area contributed by atoms with E-state index in [2.05, 4.69) is 25.3 Å². The fraction of sp³-hybridized carbons (Fsp3) is 0. The summed E-state index contributed by atoms with van der Waals surface area (Å²) in [7, 11) is 0. The predicted molar refractivity (Wildman–Crippen MR) is 26.9 cm³/mol. The van der Waals surface area contributed by atoms with Gasteiger partial charge in [0.05, 0.1) is 0 Å². The molecule has 0 rings (SSSR count). The molecule has 0 heterocycles. The second-order valence-electron chi connectivity index (χ2n) is 0.719. The van der Waals surface area contributed by atoms with Crippen LogP contribution in [0.1, 0.15) is 0 Å². The van der Waals surface area contributed by atoms with Gasteiger partial charge in [-0.15, -0.1) is 0 Å². The molecule has 0 aromatic carbocycles. The molecule has 0 heteroatoms. The first-order valence-electron chi connectivity index (χ1n) is 1.63. The summed E-state index contributed by atoms with van der Waals surface area (Å²) in [4.78, 5) is 0. The molecular weight excluding hydrogens is 72.1 g/mol. The van der Waals surface area contributed by atoms with Crippen LogP contribution in [0.5, 0.6) is 0 Å². The summed E-state index contributed by atoms with van der Waals surface area (Å²) in [6.45, 7) is 6.70. The third-order valence-corrected chi connectivity index (χ3v) is 0.303. The first-order valence-corrected chi connectivity index (χ1v) is 1.63. The van der Waals surface area contributed by atoms with E-state index in [4.69, 9.17) is 0 Å². The summed E-state index contributed by atoms with van der Waals surface area (Å²) in [5.41, 5.74) is 0. The monoisotopic (exact) mass is 78.0 g/mol. The van der Waals surface area contributed by atoms with Crippen LogP contribution in [0.3, 0.4) is 0 Å². The van der Waals surface area contributed by atoms with Gasteiger partial charge in [0.1, 0.15) is 0 Å². The smallest absolute Gasteiger partial charge is 0.0184 e. The Morgan fingerprint density at radius 3 is 2.33 bits per heavy atom. The van der Waals surface area contributed by atoms with Crippen LogP contribution in [-0.4, -0.2) is 0 Å². The lowest BCUT2D eigenvalue weighted by Gasteiger charge is -1.58. The Bertz CT molecular complexity index is 58.1. The van der Waals surface area contributed by atoms with Crippen molar-refractivity contribution >= 4 is 0 Å². The van der Waals surface area contributed by atoms with E-state index >= 15 is 0 Å². The van der Waals surface area contributed by atoms with E-state index in [1.165, 1.54) is 0 Å². The SMILES string of the molecule is C=[C]/C=[C]/C=C. The number of hydrogen-bond acceptors (Lipinski definition) is 0. The van der Waals surface area contributed by atoms with Crippen LogP contribution in [0.25, 0.3) is 0 Å². The highest BCUT2D eigenvalue weighted by molar-refractivity contribution is 4.93. The molecule has 0 saturated heterocycles. The Kier molecular flexibility index (Phi) is 3.67. The van der Waals surface area contributed by atoms with Gasteiger partial charge < -0.3 is 0 Å². The first-order chi connectivity index (χ1) is 2.91. The third kappa shape index (κ3) is 3.22. The molecule has 0 aromatic heterocycles. The fourth-order valence-electron chi connectivity index (χ4n) is 0.118. The summed E-state index contributed by atoms with van der Waals surface area (Å²) in [6.07, 6.45) is 8.30. The lowest BCUT2D eigenvalue weighted by molar-refractivity contribution is 1.85. The second kappa shape index (κ2) is 4.22. The highest BCUT2D eigenvalue weighted by Crippen LogP contribution is 1.66. The highest BCUT2D eigenvalue weighted by Gasteiger charge is 1.50. The molecule has 0 aliphatic heterocycles. The van der Waals surface area contributed by atoms with Gasteiger partial charge in [0.2, 0.25) is 0 Å². The van der Waals surface area contributed by atoms with Crippen molar-refractivity contribution in [3.8, 4) is 0 Å². The Balaban J connectivity index is 3.17. The summed E-state index contributed by atoms with van der Waals surface area (Å²) < 4.78 is 0. The maximum Gasteiger partial charge on any atom is -0.0184 e. The second-order valence-corrected chi connectivity index (χ2v) is 0.719. The van der Waals surface area contributed by atoms with Crippen LogP contribution in [0.15, 0.2) is 25.3 Å². The van der Waals surface area contributed by atoms with Gasteiger partial charge in [-0.2, -0.15) is 0 Å². The zero-order valence-electron chi connectivity index (χ0n) is 3.57. The molecule has 0 amide bonds. The minimum absolute atomic E-state index is 1.55. The molecule has 30 valence electrons. The standard InChI is InChI=1S/C6H6/c1-3-5-6-4-2/h3,6H,1-2H2. The van der Waals surface area contributed by atoms with Crippen LogP contribution in [0.4, 0.5) is 0 Å². The molecule has 0 spiro atoms. The maximum absolute atomic E-state index is 3.39. The van der Waals surface area contributed by atoms with E-state index in [0.717, 1.165) is 0 Å². The summed E-state index contributed by atoms with van der Waals surface area (Å²) >= 11 is 0. The molecule has 2 radical (unpaired) electrons. The van der Waals surface area contributed by atoms with E-state index < -0.39 is 0 Å². The van der Waals surface area contributed by atoms with E-state index in [1.54, 1.807) is 12.2 Å². The average Bonchev–Trinajstić information content (AvgIpc) is 1.61. The Hall–Kier alpha value is -0.780. The number of hydrogen-bond donors (Lipinski definition) is 0. The minimum Gasteiger partial charge on any atom is -0.0984 e. The molecule has 0 aliphatic rings. The van der Waals surface area contributed by atoms with Crippen molar-refractivity contribution in [1.29, 1.82) is 0 Å². The zero-order valence-corrected chi connectivity index (χ0v) is 3.57. The lowest BCUT2D eigenvalue weighted by Crippen LogP contribution is -1.41. The molecule has 0 N–H and O–H groups in total. The molecular formula is C6H6. The molecule has 6 heavy (non-hydrogen) atoms. The molecule has 0 aromatic rings. The van der Waals surface area contributed by atoms with Crippen LogP contribution < -0.4 is 0 Å². The fourth-order valence-corrected chi connectivity index (χ4v) is 0.118. The molecule has 0 bridgehead atoms. The minimum atomic E-state index is 1.55. The van der Waals surface area contributed by atoms with Crippen molar-refractivity contribution in [2.75, 3.05) is 0 Å². The molecule has 0 unspecified atom stereocenters. The summed E-state index contributed by atoms with van der Waals surface area (Å²) in [5.74, 6) is 0. The molecule has 0 saturated carbocycles. The van der Waals surface area contributed by atoms with E-state index in [-0.39, 0.29) is 0 Å². The first kappa shape index (κ1) is 5.22. The molecule has 0 aliphatic carbocycles. The van der Waals surface area contributed by atoms with Gasteiger partial charge in [-0.3, -0.25) is 0 Å². The van der Waals surface area contributed by atoms with Gasteiger partial charge >= 0.3 is 0 Å². The van der Waals surface area contributed by atoms with Crippen molar-refractivity contribution in [2.24, 2.45) is 0 Å².